The number of carbonyl (C=O) groups is 2. The Balaban J connectivity index is 0.000000235. The van der Waals surface area contributed by atoms with Gasteiger partial charge in [-0.2, -0.15) is 0 Å². The van der Waals surface area contributed by atoms with Gasteiger partial charge in [0.1, 0.15) is 0 Å². The summed E-state index contributed by atoms with van der Waals surface area (Å²) in [6, 6.07) is 22.3. The van der Waals surface area contributed by atoms with Crippen LogP contribution in [0.5, 0.6) is 34.5 Å². The third-order valence-electron chi connectivity index (χ3n) is 14.6. The number of rotatable bonds is 16. The average molecular weight is 1070 g/mol. The standard InChI is InChI=1S/2C27H36ClN3O5.ClH/c2*1-34-24-13-20(14-25(35-2)26(24)36-3)29-27(33)30-22-15-21(32)16-23(22)31-10-8-18(9-11-31)12-17-4-6-19(28)7-5-17;/h2*4-7,13-14,18,21-23,32H,8-12,15-16H2,1-3H3,(H2,29,30,33);1H/t2*21-,22+,23+;/m00./s1. The monoisotopic (exact) mass is 1070 g/mol. The number of carbonyl (C=O) groups excluding carboxylic acids is 2. The fourth-order valence-electron chi connectivity index (χ4n) is 11.0. The van der Waals surface area contributed by atoms with E-state index in [4.69, 9.17) is 51.6 Å². The SMILES string of the molecule is COc1cc(NC(=O)N[C@@H]2C[C@H](O)C[C@H]2N2CCC(Cc3ccc(Cl)cc3)CC2)cc(OC)c1OC.COc1cc(NC(=O)N[C@@H]2C[C@H](O)C[C@H]2N2CCC(Cc3ccc(Cl)cc3)CC2)cc(OC)c1OC.Cl. The van der Waals surface area contributed by atoms with Crippen molar-refractivity contribution in [2.75, 3.05) is 79.5 Å². The maximum atomic E-state index is 12.9. The molecule has 2 heterocycles. The maximum absolute atomic E-state index is 12.9. The lowest BCUT2D eigenvalue weighted by Crippen LogP contribution is -2.52. The Morgan fingerprint density at radius 3 is 1.12 bits per heavy atom. The largest absolute Gasteiger partial charge is 0.493 e. The number of hydrogen-bond acceptors (Lipinski definition) is 12. The molecule has 2 saturated heterocycles. The molecule has 0 bridgehead atoms. The van der Waals surface area contributed by atoms with Crippen LogP contribution in [0.15, 0.2) is 72.8 Å². The molecule has 4 aromatic rings. The molecule has 73 heavy (non-hydrogen) atoms. The number of likely N-dealkylation sites (tertiary alicyclic amines) is 2. The first kappa shape index (κ1) is 57.2. The summed E-state index contributed by atoms with van der Waals surface area (Å²) in [6.45, 7) is 3.84. The van der Waals surface area contributed by atoms with Gasteiger partial charge in [0.2, 0.25) is 11.5 Å². The van der Waals surface area contributed by atoms with Crippen LogP contribution in [-0.2, 0) is 12.8 Å². The maximum Gasteiger partial charge on any atom is 0.319 e. The number of aliphatic hydroxyl groups excluding tert-OH is 2. The summed E-state index contributed by atoms with van der Waals surface area (Å²) in [6.07, 6.45) is 8.05. The molecule has 2 aliphatic carbocycles. The highest BCUT2D eigenvalue weighted by atomic mass is 35.5. The number of urea groups is 2. The van der Waals surface area contributed by atoms with Crippen molar-refractivity contribution < 1.29 is 48.2 Å². The number of hydrogen-bond donors (Lipinski definition) is 6. The van der Waals surface area contributed by atoms with E-state index in [0.29, 0.717) is 83.4 Å². The number of halogens is 3. The van der Waals surface area contributed by atoms with Gasteiger partial charge in [-0.15, -0.1) is 12.4 Å². The number of amides is 4. The van der Waals surface area contributed by atoms with E-state index in [1.54, 1.807) is 24.3 Å². The lowest BCUT2D eigenvalue weighted by molar-refractivity contribution is 0.109. The van der Waals surface area contributed by atoms with Crippen LogP contribution in [0, 0.1) is 11.8 Å². The number of nitrogens with zero attached hydrogens (tertiary/aromatic N) is 2. The molecular formula is C54H73Cl3N6O10. The number of piperidine rings is 2. The average Bonchev–Trinajstić information content (AvgIpc) is 3.94. The molecule has 4 aliphatic rings. The van der Waals surface area contributed by atoms with Crippen LogP contribution in [0.25, 0.3) is 0 Å². The van der Waals surface area contributed by atoms with Crippen LogP contribution in [0.1, 0.15) is 62.5 Å². The molecule has 4 amide bonds. The number of aliphatic hydroxyl groups is 2. The molecule has 0 radical (unpaired) electrons. The van der Waals surface area contributed by atoms with Gasteiger partial charge in [-0.25, -0.2) is 9.59 Å². The van der Waals surface area contributed by atoms with E-state index in [2.05, 4.69) is 55.3 Å². The fourth-order valence-corrected chi connectivity index (χ4v) is 11.2. The summed E-state index contributed by atoms with van der Waals surface area (Å²) in [7, 11) is 9.20. The van der Waals surface area contributed by atoms with Crippen molar-refractivity contribution in [2.45, 2.75) is 101 Å². The van der Waals surface area contributed by atoms with Gasteiger partial charge in [0.05, 0.1) is 66.2 Å². The Labute approximate surface area is 446 Å². The summed E-state index contributed by atoms with van der Waals surface area (Å²) in [5.74, 6) is 4.02. The van der Waals surface area contributed by atoms with E-state index in [-0.39, 0.29) is 48.6 Å². The molecule has 2 saturated carbocycles. The Hall–Kier alpha value is -5.07. The number of anilines is 2. The smallest absolute Gasteiger partial charge is 0.319 e. The Kier molecular flexibility index (Phi) is 21.5. The van der Waals surface area contributed by atoms with E-state index in [9.17, 15) is 19.8 Å². The second-order valence-corrected chi connectivity index (χ2v) is 20.1. The highest BCUT2D eigenvalue weighted by molar-refractivity contribution is 6.30. The van der Waals surface area contributed by atoms with E-state index >= 15 is 0 Å². The van der Waals surface area contributed by atoms with Crippen molar-refractivity contribution in [3.8, 4) is 34.5 Å². The summed E-state index contributed by atoms with van der Waals surface area (Å²) in [5, 5.41) is 34.3. The zero-order chi connectivity index (χ0) is 51.3. The second-order valence-electron chi connectivity index (χ2n) is 19.2. The second kappa shape index (κ2) is 27.5. The summed E-state index contributed by atoms with van der Waals surface area (Å²) >= 11 is 12.0. The van der Waals surface area contributed by atoms with Crippen LogP contribution in [0.3, 0.4) is 0 Å². The van der Waals surface area contributed by atoms with Crippen molar-refractivity contribution >= 4 is 59.0 Å². The molecule has 16 nitrogen and oxygen atoms in total. The van der Waals surface area contributed by atoms with Gasteiger partial charge in [0.15, 0.2) is 23.0 Å². The van der Waals surface area contributed by atoms with Crippen LogP contribution in [-0.4, -0.2) is 137 Å². The van der Waals surface area contributed by atoms with E-state index in [1.165, 1.54) is 53.8 Å². The van der Waals surface area contributed by atoms with Gasteiger partial charge in [-0.3, -0.25) is 9.80 Å². The highest BCUT2D eigenvalue weighted by Gasteiger charge is 2.41. The van der Waals surface area contributed by atoms with Crippen LogP contribution < -0.4 is 49.7 Å². The van der Waals surface area contributed by atoms with Crippen molar-refractivity contribution in [2.24, 2.45) is 11.8 Å². The lowest BCUT2D eigenvalue weighted by atomic mass is 9.89. The number of methoxy groups -OCH3 is 6. The normalized spacial score (nSPS) is 22.4. The Bertz CT molecular complexity index is 2170. The van der Waals surface area contributed by atoms with Gasteiger partial charge in [0, 0.05) is 58.5 Å². The number of benzene rings is 4. The first-order chi connectivity index (χ1) is 34.8. The molecule has 0 aromatic heterocycles. The molecule has 6 atom stereocenters. The van der Waals surface area contributed by atoms with Gasteiger partial charge < -0.3 is 59.9 Å². The van der Waals surface area contributed by atoms with Crippen LogP contribution >= 0.6 is 35.6 Å². The number of ether oxygens (including phenoxy) is 6. The predicted octanol–water partition coefficient (Wildman–Crippen LogP) is 9.09. The topological polar surface area (TPSA) is 185 Å². The van der Waals surface area contributed by atoms with E-state index in [1.807, 2.05) is 24.3 Å². The van der Waals surface area contributed by atoms with E-state index < -0.39 is 12.2 Å². The molecule has 400 valence electrons. The minimum atomic E-state index is -0.423. The van der Waals surface area contributed by atoms with Gasteiger partial charge in [-0.1, -0.05) is 47.5 Å². The molecular weight excluding hydrogens is 999 g/mol. The first-order valence-electron chi connectivity index (χ1n) is 24.9. The van der Waals surface area contributed by atoms with Crippen molar-refractivity contribution in [3.05, 3.63) is 94.0 Å². The summed E-state index contributed by atoms with van der Waals surface area (Å²) in [5.41, 5.74) is 3.69. The molecule has 4 aromatic carbocycles. The minimum Gasteiger partial charge on any atom is -0.493 e. The third-order valence-corrected chi connectivity index (χ3v) is 15.1. The van der Waals surface area contributed by atoms with Gasteiger partial charge in [-0.05, 0) is 138 Å². The zero-order valence-corrected chi connectivity index (χ0v) is 45.0. The van der Waals surface area contributed by atoms with Crippen molar-refractivity contribution in [1.82, 2.24) is 20.4 Å². The molecule has 8 rings (SSSR count). The molecule has 0 unspecified atom stereocenters. The molecule has 6 N–H and O–H groups in total. The van der Waals surface area contributed by atoms with Gasteiger partial charge >= 0.3 is 12.1 Å². The van der Waals surface area contributed by atoms with E-state index in [0.717, 1.165) is 74.7 Å². The lowest BCUT2D eigenvalue weighted by Gasteiger charge is -2.38. The Morgan fingerprint density at radius 1 is 0.521 bits per heavy atom. The quantitative estimate of drug-likeness (QED) is 0.0627. The highest BCUT2D eigenvalue weighted by Crippen LogP contribution is 2.41. The predicted molar refractivity (Wildman–Crippen MR) is 288 cm³/mol. The third kappa shape index (κ3) is 15.5. The molecule has 19 heteroatoms. The van der Waals surface area contributed by atoms with Gasteiger partial charge in [0.25, 0.3) is 0 Å². The van der Waals surface area contributed by atoms with Crippen molar-refractivity contribution in [1.29, 1.82) is 0 Å². The van der Waals surface area contributed by atoms with Crippen LogP contribution in [0.4, 0.5) is 21.0 Å². The zero-order valence-electron chi connectivity index (χ0n) is 42.7. The molecule has 0 spiro atoms. The minimum absolute atomic E-state index is 0. The first-order valence-corrected chi connectivity index (χ1v) is 25.6. The van der Waals surface area contributed by atoms with Crippen LogP contribution in [0.2, 0.25) is 10.0 Å². The molecule has 4 fully saturated rings. The summed E-state index contributed by atoms with van der Waals surface area (Å²) in [4.78, 5) is 30.6. The Morgan fingerprint density at radius 2 is 0.836 bits per heavy atom. The fraction of sp³-hybridized carbons (Fsp3) is 0.519. The number of nitrogens with one attached hydrogen (secondary N) is 4. The summed E-state index contributed by atoms with van der Waals surface area (Å²) < 4.78 is 32.2. The molecule has 2 aliphatic heterocycles. The van der Waals surface area contributed by atoms with Crippen molar-refractivity contribution in [3.63, 3.8) is 0 Å².